The van der Waals surface area contributed by atoms with Gasteiger partial charge in [0, 0.05) is 24.7 Å². The molecule has 1 aromatic carbocycles. The lowest BCUT2D eigenvalue weighted by molar-refractivity contribution is 0.777. The fourth-order valence-electron chi connectivity index (χ4n) is 2.05. The Hall–Kier alpha value is -1.24. The number of benzene rings is 1. The van der Waals surface area contributed by atoms with Gasteiger partial charge in [-0.15, -0.1) is 6.58 Å². The summed E-state index contributed by atoms with van der Waals surface area (Å²) in [6.07, 6.45) is 1.97. The van der Waals surface area contributed by atoms with Gasteiger partial charge in [0.15, 0.2) is 0 Å². The molecule has 0 unspecified atom stereocenters. The van der Waals surface area contributed by atoms with Crippen molar-refractivity contribution >= 4 is 5.69 Å². The molecule has 0 saturated heterocycles. The van der Waals surface area contributed by atoms with E-state index in [-0.39, 0.29) is 0 Å². The standard InChI is InChI=1S/C12H15N/c1-3-8-13-9-10(2)11-6-4-5-7-12(11)13/h3-7,10H,1,8-9H2,2H3/t10-/m0/s1. The van der Waals surface area contributed by atoms with E-state index in [1.807, 2.05) is 6.08 Å². The van der Waals surface area contributed by atoms with Crippen LogP contribution in [0.3, 0.4) is 0 Å². The first kappa shape index (κ1) is 8.36. The Labute approximate surface area is 79.7 Å². The van der Waals surface area contributed by atoms with Gasteiger partial charge in [0.1, 0.15) is 0 Å². The Morgan fingerprint density at radius 2 is 2.31 bits per heavy atom. The van der Waals surface area contributed by atoms with E-state index in [0.29, 0.717) is 5.92 Å². The van der Waals surface area contributed by atoms with Crippen LogP contribution >= 0.6 is 0 Å². The molecule has 0 fully saturated rings. The Morgan fingerprint density at radius 1 is 1.54 bits per heavy atom. The molecule has 1 aliphatic rings. The first-order valence-corrected chi connectivity index (χ1v) is 4.77. The smallest absolute Gasteiger partial charge is 0.0405 e. The Kier molecular flexibility index (Phi) is 2.09. The number of hydrogen-bond donors (Lipinski definition) is 0. The SMILES string of the molecule is C=CCN1C[C@H](C)c2ccccc21. The Balaban J connectivity index is 2.35. The van der Waals surface area contributed by atoms with E-state index in [4.69, 9.17) is 0 Å². The zero-order valence-corrected chi connectivity index (χ0v) is 8.03. The van der Waals surface area contributed by atoms with Gasteiger partial charge in [-0.3, -0.25) is 0 Å². The third-order valence-corrected chi connectivity index (χ3v) is 2.65. The van der Waals surface area contributed by atoms with Gasteiger partial charge in [-0.05, 0) is 11.6 Å². The van der Waals surface area contributed by atoms with Gasteiger partial charge >= 0.3 is 0 Å². The van der Waals surface area contributed by atoms with E-state index in [1.54, 1.807) is 0 Å². The molecule has 0 bridgehead atoms. The molecule has 13 heavy (non-hydrogen) atoms. The lowest BCUT2D eigenvalue weighted by Gasteiger charge is -2.16. The molecule has 0 aromatic heterocycles. The Bertz CT molecular complexity index is 317. The van der Waals surface area contributed by atoms with Crippen LogP contribution < -0.4 is 4.90 Å². The zero-order valence-electron chi connectivity index (χ0n) is 8.03. The maximum atomic E-state index is 3.78. The zero-order chi connectivity index (χ0) is 9.26. The maximum absolute atomic E-state index is 3.78. The lowest BCUT2D eigenvalue weighted by Crippen LogP contribution is -2.20. The molecular formula is C12H15N. The van der Waals surface area contributed by atoms with Crippen LogP contribution in [0.25, 0.3) is 0 Å². The van der Waals surface area contributed by atoms with Crippen LogP contribution in [0.2, 0.25) is 0 Å². The van der Waals surface area contributed by atoms with Gasteiger partial charge in [-0.1, -0.05) is 31.2 Å². The second-order valence-corrected chi connectivity index (χ2v) is 3.65. The van der Waals surface area contributed by atoms with E-state index in [0.717, 1.165) is 13.1 Å². The molecule has 1 nitrogen and oxygen atoms in total. The number of nitrogens with zero attached hydrogens (tertiary/aromatic N) is 1. The predicted octanol–water partition coefficient (Wildman–Crippen LogP) is 2.80. The van der Waals surface area contributed by atoms with Crippen molar-refractivity contribution in [2.45, 2.75) is 12.8 Å². The van der Waals surface area contributed by atoms with Crippen LogP contribution in [0.1, 0.15) is 18.4 Å². The molecule has 1 heteroatoms. The van der Waals surface area contributed by atoms with Gasteiger partial charge in [-0.2, -0.15) is 0 Å². The molecule has 0 N–H and O–H groups in total. The van der Waals surface area contributed by atoms with Crippen LogP contribution in [0.4, 0.5) is 5.69 Å². The monoisotopic (exact) mass is 173 g/mol. The van der Waals surface area contributed by atoms with Gasteiger partial charge < -0.3 is 4.90 Å². The first-order chi connectivity index (χ1) is 6.33. The van der Waals surface area contributed by atoms with Crippen molar-refractivity contribution in [3.05, 3.63) is 42.5 Å². The highest BCUT2D eigenvalue weighted by Crippen LogP contribution is 2.35. The van der Waals surface area contributed by atoms with Gasteiger partial charge in [0.25, 0.3) is 0 Å². The summed E-state index contributed by atoms with van der Waals surface area (Å²) in [5, 5.41) is 0. The summed E-state index contributed by atoms with van der Waals surface area (Å²) in [7, 11) is 0. The van der Waals surface area contributed by atoms with Crippen molar-refractivity contribution in [1.82, 2.24) is 0 Å². The molecule has 1 aromatic rings. The highest BCUT2D eigenvalue weighted by molar-refractivity contribution is 5.60. The van der Waals surface area contributed by atoms with Crippen molar-refractivity contribution in [2.75, 3.05) is 18.0 Å². The number of fused-ring (bicyclic) bond motifs is 1. The van der Waals surface area contributed by atoms with Crippen LogP contribution in [-0.4, -0.2) is 13.1 Å². The average molecular weight is 173 g/mol. The van der Waals surface area contributed by atoms with Crippen LogP contribution in [0.5, 0.6) is 0 Å². The Morgan fingerprint density at radius 3 is 3.08 bits per heavy atom. The van der Waals surface area contributed by atoms with Gasteiger partial charge in [-0.25, -0.2) is 0 Å². The predicted molar refractivity (Wildman–Crippen MR) is 57.3 cm³/mol. The van der Waals surface area contributed by atoms with Crippen molar-refractivity contribution < 1.29 is 0 Å². The van der Waals surface area contributed by atoms with Gasteiger partial charge in [0.05, 0.1) is 0 Å². The molecule has 0 saturated carbocycles. The summed E-state index contributed by atoms with van der Waals surface area (Å²) < 4.78 is 0. The van der Waals surface area contributed by atoms with Crippen molar-refractivity contribution in [3.63, 3.8) is 0 Å². The minimum absolute atomic E-state index is 0.663. The fourth-order valence-corrected chi connectivity index (χ4v) is 2.05. The normalized spacial score (nSPS) is 20.1. The highest BCUT2D eigenvalue weighted by Gasteiger charge is 2.23. The first-order valence-electron chi connectivity index (χ1n) is 4.77. The molecule has 0 spiro atoms. The van der Waals surface area contributed by atoms with E-state index in [9.17, 15) is 0 Å². The summed E-state index contributed by atoms with van der Waals surface area (Å²) in [6, 6.07) is 8.64. The van der Waals surface area contributed by atoms with Crippen LogP contribution in [0, 0.1) is 0 Å². The third-order valence-electron chi connectivity index (χ3n) is 2.65. The summed E-state index contributed by atoms with van der Waals surface area (Å²) in [4.78, 5) is 2.38. The highest BCUT2D eigenvalue weighted by atomic mass is 15.1. The molecule has 1 heterocycles. The molecule has 0 radical (unpaired) electrons. The van der Waals surface area contributed by atoms with Crippen LogP contribution in [-0.2, 0) is 0 Å². The molecule has 2 rings (SSSR count). The van der Waals surface area contributed by atoms with Crippen molar-refractivity contribution in [1.29, 1.82) is 0 Å². The average Bonchev–Trinajstić information content (AvgIpc) is 2.46. The van der Waals surface area contributed by atoms with E-state index in [2.05, 4.69) is 42.7 Å². The molecule has 1 atom stereocenters. The molecule has 1 aliphatic heterocycles. The largest absolute Gasteiger partial charge is 0.367 e. The topological polar surface area (TPSA) is 3.24 Å². The molecular weight excluding hydrogens is 158 g/mol. The van der Waals surface area contributed by atoms with E-state index in [1.165, 1.54) is 11.3 Å². The summed E-state index contributed by atoms with van der Waals surface area (Å²) in [5.74, 6) is 0.663. The number of hydrogen-bond acceptors (Lipinski definition) is 1. The fraction of sp³-hybridized carbons (Fsp3) is 0.333. The van der Waals surface area contributed by atoms with Crippen LogP contribution in [0.15, 0.2) is 36.9 Å². The number of anilines is 1. The second kappa shape index (κ2) is 3.25. The van der Waals surface area contributed by atoms with E-state index < -0.39 is 0 Å². The van der Waals surface area contributed by atoms with Crippen molar-refractivity contribution in [3.8, 4) is 0 Å². The van der Waals surface area contributed by atoms with Crippen molar-refractivity contribution in [2.24, 2.45) is 0 Å². The molecule has 0 amide bonds. The third kappa shape index (κ3) is 1.35. The molecule has 0 aliphatic carbocycles. The minimum Gasteiger partial charge on any atom is -0.367 e. The summed E-state index contributed by atoms with van der Waals surface area (Å²) in [6.45, 7) is 8.15. The second-order valence-electron chi connectivity index (χ2n) is 3.65. The number of para-hydroxylation sites is 1. The van der Waals surface area contributed by atoms with E-state index >= 15 is 0 Å². The number of rotatable bonds is 2. The minimum atomic E-state index is 0.663. The molecule has 68 valence electrons. The maximum Gasteiger partial charge on any atom is 0.0405 e. The van der Waals surface area contributed by atoms with Gasteiger partial charge in [0.2, 0.25) is 0 Å². The summed E-state index contributed by atoms with van der Waals surface area (Å²) in [5.41, 5.74) is 2.86. The summed E-state index contributed by atoms with van der Waals surface area (Å²) >= 11 is 0. The lowest BCUT2D eigenvalue weighted by atomic mass is 10.0. The quantitative estimate of drug-likeness (QED) is 0.622.